The van der Waals surface area contributed by atoms with Crippen LogP contribution in [0.25, 0.3) is 0 Å². The van der Waals surface area contributed by atoms with Gasteiger partial charge < -0.3 is 10.1 Å². The minimum atomic E-state index is 0.415. The van der Waals surface area contributed by atoms with E-state index in [2.05, 4.69) is 25.5 Å². The highest BCUT2D eigenvalue weighted by Gasteiger charge is 2.09. The monoisotopic (exact) mass is 311 g/mol. The van der Waals surface area contributed by atoms with Crippen molar-refractivity contribution >= 4 is 28.9 Å². The molecule has 0 saturated heterocycles. The second-order valence-electron chi connectivity index (χ2n) is 3.86. The molecule has 0 spiro atoms. The second kappa shape index (κ2) is 7.51. The lowest BCUT2D eigenvalue weighted by atomic mass is 10.5. The Morgan fingerprint density at radius 2 is 2.15 bits per heavy atom. The first kappa shape index (κ1) is 15.1. The van der Waals surface area contributed by atoms with Crippen LogP contribution < -0.4 is 5.32 Å². The third-order valence-corrected chi connectivity index (χ3v) is 4.05. The van der Waals surface area contributed by atoms with E-state index in [0.29, 0.717) is 19.0 Å². The second-order valence-corrected chi connectivity index (χ2v) is 6.31. The van der Waals surface area contributed by atoms with Crippen molar-refractivity contribution in [2.24, 2.45) is 0 Å². The maximum absolute atomic E-state index is 5.37. The van der Waals surface area contributed by atoms with Crippen LogP contribution in [0.2, 0.25) is 0 Å². The largest absolute Gasteiger partial charge is 0.374 e. The molecule has 0 amide bonds. The Balaban J connectivity index is 2.18. The van der Waals surface area contributed by atoms with Gasteiger partial charge in [-0.05, 0) is 32.5 Å². The molecule has 20 heavy (non-hydrogen) atoms. The van der Waals surface area contributed by atoms with Crippen LogP contribution >= 0.6 is 23.1 Å². The van der Waals surface area contributed by atoms with Crippen LogP contribution in [0.3, 0.4) is 0 Å². The van der Waals surface area contributed by atoms with E-state index < -0.39 is 0 Å². The summed E-state index contributed by atoms with van der Waals surface area (Å²) in [4.78, 5) is 8.90. The molecule has 0 aliphatic rings. The minimum Gasteiger partial charge on any atom is -0.374 e. The van der Waals surface area contributed by atoms with Gasteiger partial charge >= 0.3 is 0 Å². The first-order chi connectivity index (χ1) is 9.71. The van der Waals surface area contributed by atoms with Gasteiger partial charge in [0, 0.05) is 19.2 Å². The number of hydrogen-bond donors (Lipinski definition) is 1. The van der Waals surface area contributed by atoms with Crippen molar-refractivity contribution in [2.75, 3.05) is 18.5 Å². The average Bonchev–Trinajstić information content (AvgIpc) is 2.82. The normalized spacial score (nSPS) is 10.8. The molecule has 2 rings (SSSR count). The zero-order valence-corrected chi connectivity index (χ0v) is 13.3. The fourth-order valence-corrected chi connectivity index (χ4v) is 3.25. The van der Waals surface area contributed by atoms with Gasteiger partial charge in [-0.2, -0.15) is 0 Å². The molecule has 0 aliphatic carbocycles. The van der Waals surface area contributed by atoms with Gasteiger partial charge in [0.25, 0.3) is 0 Å². The summed E-state index contributed by atoms with van der Waals surface area (Å²) >= 11 is 3.05. The first-order valence-electron chi connectivity index (χ1n) is 6.38. The van der Waals surface area contributed by atoms with E-state index in [1.165, 1.54) is 11.8 Å². The fraction of sp³-hybridized carbons (Fsp3) is 0.500. The Morgan fingerprint density at radius 3 is 2.80 bits per heavy atom. The Labute approximate surface area is 126 Å². The molecule has 0 fully saturated rings. The molecular weight excluding hydrogens is 294 g/mol. The van der Waals surface area contributed by atoms with Crippen molar-refractivity contribution < 1.29 is 4.74 Å². The third kappa shape index (κ3) is 4.39. The summed E-state index contributed by atoms with van der Waals surface area (Å²) in [5.41, 5.74) is 0. The molecule has 0 saturated carbocycles. The highest BCUT2D eigenvalue weighted by molar-refractivity contribution is 8.01. The standard InChI is InChI=1S/C12H17N5OS2/c1-4-13-9-6-11(15-10(14-9)7-18-5-2)20-12-17-16-8(3)19-12/h6H,4-5,7H2,1-3H3,(H,13,14,15). The predicted molar refractivity (Wildman–Crippen MR) is 80.3 cm³/mol. The third-order valence-electron chi connectivity index (χ3n) is 2.24. The smallest absolute Gasteiger partial charge is 0.180 e. The molecule has 108 valence electrons. The summed E-state index contributed by atoms with van der Waals surface area (Å²) < 4.78 is 6.26. The van der Waals surface area contributed by atoms with Crippen molar-refractivity contribution in [1.82, 2.24) is 20.2 Å². The molecule has 6 nitrogen and oxygen atoms in total. The molecule has 0 bridgehead atoms. The zero-order chi connectivity index (χ0) is 14.4. The molecule has 2 aromatic rings. The van der Waals surface area contributed by atoms with E-state index >= 15 is 0 Å². The Hall–Kier alpha value is -1.25. The molecule has 2 aromatic heterocycles. The van der Waals surface area contributed by atoms with E-state index in [1.807, 2.05) is 26.8 Å². The highest BCUT2D eigenvalue weighted by Crippen LogP contribution is 2.29. The number of rotatable bonds is 7. The van der Waals surface area contributed by atoms with Gasteiger partial charge in [-0.15, -0.1) is 10.2 Å². The number of nitrogens with zero attached hydrogens (tertiary/aromatic N) is 4. The maximum atomic E-state index is 5.37. The van der Waals surface area contributed by atoms with Gasteiger partial charge in [-0.1, -0.05) is 11.3 Å². The lowest BCUT2D eigenvalue weighted by molar-refractivity contribution is 0.128. The Bertz CT molecular complexity index is 561. The van der Waals surface area contributed by atoms with Crippen molar-refractivity contribution in [2.45, 2.75) is 36.7 Å². The molecule has 0 radical (unpaired) electrons. The number of nitrogens with one attached hydrogen (secondary N) is 1. The number of ether oxygens (including phenoxy) is 1. The van der Waals surface area contributed by atoms with Gasteiger partial charge in [-0.25, -0.2) is 9.97 Å². The van der Waals surface area contributed by atoms with E-state index in [1.54, 1.807) is 11.3 Å². The summed E-state index contributed by atoms with van der Waals surface area (Å²) in [5, 5.41) is 13.1. The molecule has 2 heterocycles. The van der Waals surface area contributed by atoms with Crippen LogP contribution in [0.5, 0.6) is 0 Å². The van der Waals surface area contributed by atoms with Crippen LogP contribution in [-0.4, -0.2) is 33.3 Å². The number of hydrogen-bond acceptors (Lipinski definition) is 8. The van der Waals surface area contributed by atoms with Crippen molar-refractivity contribution in [3.05, 3.63) is 16.9 Å². The minimum absolute atomic E-state index is 0.415. The fourth-order valence-electron chi connectivity index (χ4n) is 1.46. The molecule has 0 aliphatic heterocycles. The summed E-state index contributed by atoms with van der Waals surface area (Å²) in [6, 6.07) is 1.92. The van der Waals surface area contributed by atoms with Gasteiger partial charge in [0.2, 0.25) is 0 Å². The highest BCUT2D eigenvalue weighted by atomic mass is 32.2. The van der Waals surface area contributed by atoms with Crippen molar-refractivity contribution in [3.8, 4) is 0 Å². The molecule has 1 N–H and O–H groups in total. The first-order valence-corrected chi connectivity index (χ1v) is 8.02. The topological polar surface area (TPSA) is 72.8 Å². The predicted octanol–water partition coefficient (Wildman–Crippen LogP) is 2.76. The van der Waals surface area contributed by atoms with E-state index in [9.17, 15) is 0 Å². The quantitative estimate of drug-likeness (QED) is 0.788. The van der Waals surface area contributed by atoms with Gasteiger partial charge in [-0.3, -0.25) is 0 Å². The van der Waals surface area contributed by atoms with E-state index in [4.69, 9.17) is 4.74 Å². The molecular formula is C12H17N5OS2. The van der Waals surface area contributed by atoms with E-state index in [-0.39, 0.29) is 0 Å². The van der Waals surface area contributed by atoms with Gasteiger partial charge in [0.15, 0.2) is 10.2 Å². The Kier molecular flexibility index (Phi) is 5.69. The summed E-state index contributed by atoms with van der Waals surface area (Å²) in [5.74, 6) is 1.48. The van der Waals surface area contributed by atoms with Crippen LogP contribution in [0, 0.1) is 6.92 Å². The molecule has 0 atom stereocenters. The Morgan fingerprint density at radius 1 is 1.30 bits per heavy atom. The summed E-state index contributed by atoms with van der Waals surface area (Å²) in [6.07, 6.45) is 0. The van der Waals surface area contributed by atoms with Crippen LogP contribution in [0.4, 0.5) is 5.82 Å². The summed E-state index contributed by atoms with van der Waals surface area (Å²) in [7, 11) is 0. The molecule has 8 heteroatoms. The number of aryl methyl sites for hydroxylation is 1. The van der Waals surface area contributed by atoms with E-state index in [0.717, 1.165) is 26.7 Å². The van der Waals surface area contributed by atoms with Crippen LogP contribution in [-0.2, 0) is 11.3 Å². The van der Waals surface area contributed by atoms with Crippen molar-refractivity contribution in [1.29, 1.82) is 0 Å². The summed E-state index contributed by atoms with van der Waals surface area (Å²) in [6.45, 7) is 7.80. The van der Waals surface area contributed by atoms with Crippen molar-refractivity contribution in [3.63, 3.8) is 0 Å². The average molecular weight is 311 g/mol. The lowest BCUT2D eigenvalue weighted by Crippen LogP contribution is -2.05. The van der Waals surface area contributed by atoms with Gasteiger partial charge in [0.1, 0.15) is 22.5 Å². The number of anilines is 1. The lowest BCUT2D eigenvalue weighted by Gasteiger charge is -2.07. The van der Waals surface area contributed by atoms with Crippen LogP contribution in [0.1, 0.15) is 24.7 Å². The SMILES string of the molecule is CCNc1cc(Sc2nnc(C)s2)nc(COCC)n1. The number of aromatic nitrogens is 4. The molecule has 0 aromatic carbocycles. The molecule has 0 unspecified atom stereocenters. The van der Waals surface area contributed by atoms with Gasteiger partial charge in [0.05, 0.1) is 0 Å². The zero-order valence-electron chi connectivity index (χ0n) is 11.7. The van der Waals surface area contributed by atoms with Crippen LogP contribution in [0.15, 0.2) is 15.4 Å². The maximum Gasteiger partial charge on any atom is 0.180 e.